The third-order valence-corrected chi connectivity index (χ3v) is 8.41. The van der Waals surface area contributed by atoms with Gasteiger partial charge in [-0.05, 0) is 63.1 Å². The molecule has 4 fully saturated rings. The molecule has 1 aliphatic heterocycles. The predicted molar refractivity (Wildman–Crippen MR) is 120 cm³/mol. The molecule has 198 valence electrons. The predicted octanol–water partition coefficient (Wildman–Crippen LogP) is 2.89. The fourth-order valence-corrected chi connectivity index (χ4v) is 6.18. The highest BCUT2D eigenvalue weighted by molar-refractivity contribution is 6.30. The number of nitrogens with one attached hydrogen (secondary N) is 2. The summed E-state index contributed by atoms with van der Waals surface area (Å²) >= 11 is 5.98. The lowest BCUT2D eigenvalue weighted by atomic mass is 9.59. The van der Waals surface area contributed by atoms with E-state index in [0.29, 0.717) is 42.0 Å². The van der Waals surface area contributed by atoms with E-state index in [9.17, 15) is 33.0 Å². The first kappa shape index (κ1) is 25.6. The van der Waals surface area contributed by atoms with Crippen molar-refractivity contribution >= 4 is 23.4 Å². The number of carbonyl (C=O) groups is 2. The van der Waals surface area contributed by atoms with Crippen LogP contribution in [0.2, 0.25) is 5.02 Å². The van der Waals surface area contributed by atoms with Gasteiger partial charge in [0.25, 0.3) is 5.91 Å². The molecule has 0 aromatic heterocycles. The van der Waals surface area contributed by atoms with Crippen LogP contribution in [0.3, 0.4) is 0 Å². The second-order valence-corrected chi connectivity index (χ2v) is 11.0. The second-order valence-electron chi connectivity index (χ2n) is 10.5. The maximum Gasteiger partial charge on any atom is 0.522 e. The quantitative estimate of drug-likeness (QED) is 0.463. The number of ether oxygens (including phenoxy) is 2. The molecule has 1 heterocycles. The molecule has 0 saturated heterocycles. The molecule has 12 heteroatoms. The lowest BCUT2D eigenvalue weighted by Gasteiger charge is -2.57. The Kier molecular flexibility index (Phi) is 6.42. The van der Waals surface area contributed by atoms with Crippen LogP contribution in [0.25, 0.3) is 0 Å². The minimum Gasteiger partial charge on any atom is -0.480 e. The van der Waals surface area contributed by atoms with Gasteiger partial charge < -0.3 is 25.6 Å². The second kappa shape index (κ2) is 9.04. The fraction of sp³-hybridized carbons (Fsp3) is 0.667. The Hall–Kier alpha value is -2.08. The zero-order valence-electron chi connectivity index (χ0n) is 19.3. The number of aliphatic hydroxyl groups is 2. The summed E-state index contributed by atoms with van der Waals surface area (Å²) in [4.78, 5) is 25.8. The molecule has 0 spiro atoms. The average Bonchev–Trinajstić information content (AvgIpc) is 2.77. The molecule has 0 radical (unpaired) electrons. The summed E-state index contributed by atoms with van der Waals surface area (Å²) in [6.07, 6.45) is -6.33. The first-order valence-corrected chi connectivity index (χ1v) is 12.5. The van der Waals surface area contributed by atoms with E-state index in [4.69, 9.17) is 16.3 Å². The molecule has 5 aliphatic rings. The maximum absolute atomic E-state index is 13.1. The van der Waals surface area contributed by atoms with Gasteiger partial charge in [-0.2, -0.15) is 0 Å². The lowest BCUT2D eigenvalue weighted by molar-refractivity contribution is -0.353. The Balaban J connectivity index is 1.16. The van der Waals surface area contributed by atoms with Crippen molar-refractivity contribution in [2.75, 3.05) is 0 Å². The van der Waals surface area contributed by atoms with E-state index < -0.39 is 47.8 Å². The monoisotopic (exact) mass is 532 g/mol. The molecule has 4 N–H and O–H groups in total. The molecular formula is C24H28ClF3N2O6. The van der Waals surface area contributed by atoms with Gasteiger partial charge in [-0.1, -0.05) is 11.6 Å². The first-order chi connectivity index (χ1) is 16.9. The summed E-state index contributed by atoms with van der Waals surface area (Å²) in [5, 5.41) is 27.8. The highest BCUT2D eigenvalue weighted by Crippen LogP contribution is 2.48. The number of hydrogen-bond donors (Lipinski definition) is 4. The molecule has 4 aliphatic carbocycles. The number of amides is 2. The van der Waals surface area contributed by atoms with Gasteiger partial charge in [0.15, 0.2) is 6.10 Å². The molecule has 2 bridgehead atoms. The van der Waals surface area contributed by atoms with Crippen LogP contribution in [0, 0.1) is 5.92 Å². The van der Waals surface area contributed by atoms with Crippen LogP contribution in [0.4, 0.5) is 13.2 Å². The molecule has 1 aromatic rings. The largest absolute Gasteiger partial charge is 0.522 e. The molecule has 0 unspecified atom stereocenters. The van der Waals surface area contributed by atoms with Crippen molar-refractivity contribution in [1.82, 2.24) is 10.6 Å². The van der Waals surface area contributed by atoms with Crippen LogP contribution < -0.4 is 15.4 Å². The van der Waals surface area contributed by atoms with E-state index >= 15 is 0 Å². The standard InChI is InChI=1S/C24H28ClF3N2O6/c25-13-1-2-17-15(9-13)16(31)10-18(35-17)21(34)29-22-3-5-23(6-4-22,19(32)11-22)30-20(33)12-7-14(8-12)36-24(26,27)28/h1-2,9,12,14,16,18-19,31-32H,3-8,10-11H2,(H,29,34)(H,30,33)/t12-,14+,16-,18-,19-,22?,23?/m0/s1. The molecule has 8 nitrogen and oxygen atoms in total. The Morgan fingerprint density at radius 2 is 1.75 bits per heavy atom. The Morgan fingerprint density at radius 3 is 2.39 bits per heavy atom. The Bertz CT molecular complexity index is 1040. The molecule has 6 rings (SSSR count). The minimum atomic E-state index is -4.72. The van der Waals surface area contributed by atoms with Gasteiger partial charge in [0.1, 0.15) is 5.75 Å². The highest BCUT2D eigenvalue weighted by Gasteiger charge is 2.56. The van der Waals surface area contributed by atoms with Crippen molar-refractivity contribution in [3.05, 3.63) is 28.8 Å². The number of halogens is 4. The lowest BCUT2D eigenvalue weighted by Crippen LogP contribution is -2.71. The molecule has 1 aromatic carbocycles. The topological polar surface area (TPSA) is 117 Å². The molecular weight excluding hydrogens is 505 g/mol. The van der Waals surface area contributed by atoms with Gasteiger partial charge in [-0.3, -0.25) is 14.3 Å². The number of alkyl halides is 3. The van der Waals surface area contributed by atoms with Crippen LogP contribution in [0.15, 0.2) is 18.2 Å². The van der Waals surface area contributed by atoms with Crippen LogP contribution in [-0.2, 0) is 14.3 Å². The zero-order chi connectivity index (χ0) is 25.9. The maximum atomic E-state index is 13.1. The summed E-state index contributed by atoms with van der Waals surface area (Å²) < 4.78 is 46.8. The van der Waals surface area contributed by atoms with E-state index in [0.717, 1.165) is 0 Å². The molecule has 4 saturated carbocycles. The number of rotatable bonds is 5. The van der Waals surface area contributed by atoms with Crippen molar-refractivity contribution in [2.45, 2.75) is 93.2 Å². The SMILES string of the molecule is O=C(NC12CCC(NC(=O)[C@H]3C[C@@H](OC(F)(F)F)C3)(CC1)[C@@H](O)C2)[C@@H]1C[C@H](O)c2cc(Cl)ccc2O1. The van der Waals surface area contributed by atoms with Gasteiger partial charge >= 0.3 is 6.36 Å². The van der Waals surface area contributed by atoms with Crippen LogP contribution in [0.5, 0.6) is 5.75 Å². The highest BCUT2D eigenvalue weighted by atomic mass is 35.5. The molecule has 3 atom stereocenters. The number of hydrogen-bond acceptors (Lipinski definition) is 6. The van der Waals surface area contributed by atoms with E-state index in [1.807, 2.05) is 0 Å². The van der Waals surface area contributed by atoms with Crippen LogP contribution >= 0.6 is 11.6 Å². The Labute approximate surface area is 210 Å². The van der Waals surface area contributed by atoms with Gasteiger partial charge in [-0.15, -0.1) is 13.2 Å². The number of fused-ring (bicyclic) bond motifs is 4. The number of benzene rings is 1. The van der Waals surface area contributed by atoms with Crippen molar-refractivity contribution in [3.63, 3.8) is 0 Å². The van der Waals surface area contributed by atoms with Crippen molar-refractivity contribution in [3.8, 4) is 5.75 Å². The molecule has 2 amide bonds. The van der Waals surface area contributed by atoms with Crippen molar-refractivity contribution < 1.29 is 42.4 Å². The van der Waals surface area contributed by atoms with E-state index in [2.05, 4.69) is 15.4 Å². The smallest absolute Gasteiger partial charge is 0.480 e. The summed E-state index contributed by atoms with van der Waals surface area (Å²) in [5.74, 6) is -0.952. The summed E-state index contributed by atoms with van der Waals surface area (Å²) in [6, 6.07) is 4.83. The number of carbonyl (C=O) groups excluding carboxylic acids is 2. The van der Waals surface area contributed by atoms with Gasteiger partial charge in [0, 0.05) is 28.5 Å². The van der Waals surface area contributed by atoms with Crippen LogP contribution in [0.1, 0.15) is 63.0 Å². The van der Waals surface area contributed by atoms with E-state index in [1.54, 1.807) is 18.2 Å². The zero-order valence-corrected chi connectivity index (χ0v) is 20.1. The van der Waals surface area contributed by atoms with E-state index in [1.165, 1.54) is 0 Å². The number of aliphatic hydroxyl groups excluding tert-OH is 2. The summed E-state index contributed by atoms with van der Waals surface area (Å²) in [6.45, 7) is 0. The Morgan fingerprint density at radius 1 is 1.06 bits per heavy atom. The van der Waals surface area contributed by atoms with Gasteiger partial charge in [0.2, 0.25) is 5.91 Å². The minimum absolute atomic E-state index is 0.0138. The van der Waals surface area contributed by atoms with Crippen molar-refractivity contribution in [2.24, 2.45) is 5.92 Å². The van der Waals surface area contributed by atoms with Gasteiger partial charge in [0.05, 0.1) is 23.9 Å². The average molecular weight is 533 g/mol. The third kappa shape index (κ3) is 4.90. The van der Waals surface area contributed by atoms with Crippen molar-refractivity contribution in [1.29, 1.82) is 0 Å². The third-order valence-electron chi connectivity index (χ3n) is 8.18. The van der Waals surface area contributed by atoms with Gasteiger partial charge in [-0.25, -0.2) is 0 Å². The van der Waals surface area contributed by atoms with E-state index in [-0.39, 0.29) is 37.5 Å². The summed E-state index contributed by atoms with van der Waals surface area (Å²) in [5.41, 5.74) is -1.01. The molecule has 36 heavy (non-hydrogen) atoms. The normalized spacial score (nSPS) is 37.3. The van der Waals surface area contributed by atoms with Crippen LogP contribution in [-0.4, -0.2) is 57.8 Å². The fourth-order valence-electron chi connectivity index (χ4n) is 5.99. The summed E-state index contributed by atoms with van der Waals surface area (Å²) in [7, 11) is 0. The first-order valence-electron chi connectivity index (χ1n) is 12.1.